The van der Waals surface area contributed by atoms with Crippen molar-refractivity contribution in [2.75, 3.05) is 18.6 Å². The third kappa shape index (κ3) is 3.37. The van der Waals surface area contributed by atoms with Gasteiger partial charge in [0.15, 0.2) is 0 Å². The predicted octanol–water partition coefficient (Wildman–Crippen LogP) is 3.47. The maximum atomic E-state index is 13.4. The van der Waals surface area contributed by atoms with Crippen molar-refractivity contribution in [1.82, 2.24) is 4.90 Å². The minimum Gasteiger partial charge on any atom is -0.496 e. The van der Waals surface area contributed by atoms with Crippen LogP contribution in [-0.4, -0.2) is 36.4 Å². The molecule has 1 fully saturated rings. The molecule has 0 N–H and O–H groups in total. The second-order valence-electron chi connectivity index (χ2n) is 7.61. The fourth-order valence-electron chi connectivity index (χ4n) is 4.34. The second kappa shape index (κ2) is 7.66. The fraction of sp³-hybridized carbons (Fsp3) is 0.391. The normalized spacial score (nSPS) is 18.9. The number of hydrogen-bond acceptors (Lipinski definition) is 3. The van der Waals surface area contributed by atoms with E-state index in [9.17, 15) is 9.59 Å². The van der Waals surface area contributed by atoms with Gasteiger partial charge in [-0.15, -0.1) is 0 Å². The van der Waals surface area contributed by atoms with Crippen LogP contribution in [0.2, 0.25) is 0 Å². The van der Waals surface area contributed by atoms with Crippen LogP contribution >= 0.6 is 0 Å². The van der Waals surface area contributed by atoms with Crippen LogP contribution in [0.3, 0.4) is 0 Å². The summed E-state index contributed by atoms with van der Waals surface area (Å²) in [5.74, 6) is 0.808. The summed E-state index contributed by atoms with van der Waals surface area (Å²) in [4.78, 5) is 29.6. The monoisotopic (exact) mass is 378 g/mol. The standard InChI is InChI=1S/C23H26N2O3/c1-16-9-10-19-17(14-16)7-5-13-24(19)23(27)20-11-12-22(26)25(20)15-18-6-3-4-8-21(18)28-2/h3-4,6,8-10,14,20H,5,7,11-13,15H2,1-2H3. The van der Waals surface area contributed by atoms with Crippen molar-refractivity contribution in [1.29, 1.82) is 0 Å². The van der Waals surface area contributed by atoms with Crippen LogP contribution in [0.25, 0.3) is 0 Å². The summed E-state index contributed by atoms with van der Waals surface area (Å²) in [6, 6.07) is 13.5. The van der Waals surface area contributed by atoms with E-state index in [2.05, 4.69) is 19.1 Å². The molecule has 0 spiro atoms. The number of fused-ring (bicyclic) bond motifs is 1. The Morgan fingerprint density at radius 1 is 1.18 bits per heavy atom. The quantitative estimate of drug-likeness (QED) is 0.819. The van der Waals surface area contributed by atoms with Crippen molar-refractivity contribution in [3.05, 3.63) is 59.2 Å². The van der Waals surface area contributed by atoms with Gasteiger partial charge in [0.25, 0.3) is 0 Å². The summed E-state index contributed by atoms with van der Waals surface area (Å²) in [6.45, 7) is 3.18. The number of aryl methyl sites for hydroxylation is 2. The third-order valence-electron chi connectivity index (χ3n) is 5.77. The van der Waals surface area contributed by atoms with Crippen LogP contribution in [-0.2, 0) is 22.6 Å². The van der Waals surface area contributed by atoms with Crippen molar-refractivity contribution in [3.63, 3.8) is 0 Å². The van der Waals surface area contributed by atoms with Crippen LogP contribution in [0.4, 0.5) is 5.69 Å². The number of methoxy groups -OCH3 is 1. The first-order valence-corrected chi connectivity index (χ1v) is 9.91. The van der Waals surface area contributed by atoms with E-state index in [1.165, 1.54) is 11.1 Å². The van der Waals surface area contributed by atoms with Crippen LogP contribution in [0.1, 0.15) is 36.0 Å². The second-order valence-corrected chi connectivity index (χ2v) is 7.61. The predicted molar refractivity (Wildman–Crippen MR) is 108 cm³/mol. The van der Waals surface area contributed by atoms with Crippen molar-refractivity contribution < 1.29 is 14.3 Å². The van der Waals surface area contributed by atoms with Gasteiger partial charge in [0, 0.05) is 24.2 Å². The van der Waals surface area contributed by atoms with Gasteiger partial charge in [0.1, 0.15) is 11.8 Å². The summed E-state index contributed by atoms with van der Waals surface area (Å²) in [5, 5.41) is 0. The van der Waals surface area contributed by atoms with Gasteiger partial charge in [0.05, 0.1) is 13.7 Å². The molecule has 2 aliphatic rings. The summed E-state index contributed by atoms with van der Waals surface area (Å²) in [6.07, 6.45) is 2.94. The SMILES string of the molecule is COc1ccccc1CN1C(=O)CCC1C(=O)N1CCCc2cc(C)ccc21. The van der Waals surface area contributed by atoms with E-state index in [0.29, 0.717) is 25.9 Å². The number of rotatable bonds is 4. The van der Waals surface area contributed by atoms with Crippen LogP contribution in [0.15, 0.2) is 42.5 Å². The Morgan fingerprint density at radius 2 is 2.00 bits per heavy atom. The fourth-order valence-corrected chi connectivity index (χ4v) is 4.34. The summed E-state index contributed by atoms with van der Waals surface area (Å²) in [7, 11) is 1.62. The smallest absolute Gasteiger partial charge is 0.249 e. The number of para-hydroxylation sites is 1. The molecule has 2 heterocycles. The average Bonchev–Trinajstić information content (AvgIpc) is 3.07. The zero-order valence-electron chi connectivity index (χ0n) is 16.5. The lowest BCUT2D eigenvalue weighted by Gasteiger charge is -2.34. The van der Waals surface area contributed by atoms with Gasteiger partial charge >= 0.3 is 0 Å². The minimum absolute atomic E-state index is 0.0328. The van der Waals surface area contributed by atoms with E-state index >= 15 is 0 Å². The number of carbonyl (C=O) groups is 2. The Bertz CT molecular complexity index is 908. The first-order chi connectivity index (χ1) is 13.6. The number of nitrogens with zero attached hydrogens (tertiary/aromatic N) is 2. The molecule has 1 unspecified atom stereocenters. The summed E-state index contributed by atoms with van der Waals surface area (Å²) < 4.78 is 5.43. The first-order valence-electron chi connectivity index (χ1n) is 9.91. The lowest BCUT2D eigenvalue weighted by atomic mass is 9.98. The molecule has 2 aromatic carbocycles. The van der Waals surface area contributed by atoms with Gasteiger partial charge in [-0.25, -0.2) is 0 Å². The molecule has 1 atom stereocenters. The zero-order valence-corrected chi connectivity index (χ0v) is 16.5. The van der Waals surface area contributed by atoms with Gasteiger partial charge < -0.3 is 14.5 Å². The number of amides is 2. The van der Waals surface area contributed by atoms with Gasteiger partial charge in [-0.1, -0.05) is 35.9 Å². The number of benzene rings is 2. The van der Waals surface area contributed by atoms with E-state index in [1.807, 2.05) is 35.2 Å². The van der Waals surface area contributed by atoms with Gasteiger partial charge in [-0.05, 0) is 43.9 Å². The number of ether oxygens (including phenoxy) is 1. The van der Waals surface area contributed by atoms with Crippen LogP contribution in [0.5, 0.6) is 5.75 Å². The largest absolute Gasteiger partial charge is 0.496 e. The molecular formula is C23H26N2O3. The minimum atomic E-state index is -0.412. The molecule has 0 saturated carbocycles. The molecule has 0 radical (unpaired) electrons. The van der Waals surface area contributed by atoms with Gasteiger partial charge in [-0.2, -0.15) is 0 Å². The maximum Gasteiger partial charge on any atom is 0.249 e. The highest BCUT2D eigenvalue weighted by molar-refractivity contribution is 6.01. The number of carbonyl (C=O) groups excluding carboxylic acids is 2. The Kier molecular flexibility index (Phi) is 5.07. The Balaban J connectivity index is 1.60. The van der Waals surface area contributed by atoms with Crippen LogP contribution < -0.4 is 9.64 Å². The molecule has 1 saturated heterocycles. The molecule has 5 nitrogen and oxygen atoms in total. The van der Waals surface area contributed by atoms with Crippen molar-refractivity contribution in [3.8, 4) is 5.75 Å². The van der Waals surface area contributed by atoms with E-state index in [1.54, 1.807) is 12.0 Å². The van der Waals surface area contributed by atoms with Crippen molar-refractivity contribution in [2.45, 2.75) is 45.2 Å². The topological polar surface area (TPSA) is 49.9 Å². The van der Waals surface area contributed by atoms with Gasteiger partial charge in [-0.3, -0.25) is 9.59 Å². The average molecular weight is 378 g/mol. The molecule has 0 bridgehead atoms. The zero-order chi connectivity index (χ0) is 19.7. The highest BCUT2D eigenvalue weighted by atomic mass is 16.5. The molecule has 2 amide bonds. The number of hydrogen-bond donors (Lipinski definition) is 0. The van der Waals surface area contributed by atoms with Crippen LogP contribution in [0, 0.1) is 6.92 Å². The molecule has 4 rings (SSSR count). The Labute approximate surface area is 165 Å². The molecule has 2 aromatic rings. The molecule has 0 aromatic heterocycles. The first kappa shape index (κ1) is 18.5. The number of anilines is 1. The van der Waals surface area contributed by atoms with Crippen molar-refractivity contribution >= 4 is 17.5 Å². The van der Waals surface area contributed by atoms with Gasteiger partial charge in [0.2, 0.25) is 11.8 Å². The molecule has 5 heteroatoms. The van der Waals surface area contributed by atoms with Crippen molar-refractivity contribution in [2.24, 2.45) is 0 Å². The summed E-state index contributed by atoms with van der Waals surface area (Å²) >= 11 is 0. The van der Waals surface area contributed by atoms with E-state index in [0.717, 1.165) is 29.8 Å². The Hall–Kier alpha value is -2.82. The Morgan fingerprint density at radius 3 is 2.82 bits per heavy atom. The van der Waals surface area contributed by atoms with E-state index in [-0.39, 0.29) is 11.8 Å². The lowest BCUT2D eigenvalue weighted by Crippen LogP contribution is -2.48. The maximum absolute atomic E-state index is 13.4. The van der Waals surface area contributed by atoms with E-state index in [4.69, 9.17) is 4.74 Å². The number of likely N-dealkylation sites (tertiary alicyclic amines) is 1. The highest BCUT2D eigenvalue weighted by Crippen LogP contribution is 2.32. The molecule has 28 heavy (non-hydrogen) atoms. The lowest BCUT2D eigenvalue weighted by molar-refractivity contribution is -0.134. The molecular weight excluding hydrogens is 352 g/mol. The highest BCUT2D eigenvalue weighted by Gasteiger charge is 2.39. The molecule has 146 valence electrons. The molecule has 2 aliphatic heterocycles. The third-order valence-corrected chi connectivity index (χ3v) is 5.77. The van der Waals surface area contributed by atoms with E-state index < -0.39 is 6.04 Å². The molecule has 0 aliphatic carbocycles. The summed E-state index contributed by atoms with van der Waals surface area (Å²) in [5.41, 5.74) is 4.35.